The highest BCUT2D eigenvalue weighted by Crippen LogP contribution is 2.28. The molecule has 0 atom stereocenters. The molecular weight excluding hydrogens is 478 g/mol. The van der Waals surface area contributed by atoms with Crippen molar-refractivity contribution in [1.82, 2.24) is 19.6 Å². The zero-order chi connectivity index (χ0) is 26.4. The van der Waals surface area contributed by atoms with Crippen LogP contribution in [0.1, 0.15) is 44.8 Å². The van der Waals surface area contributed by atoms with Crippen LogP contribution < -0.4 is 5.73 Å². The third-order valence-corrected chi connectivity index (χ3v) is 7.54. The van der Waals surface area contributed by atoms with Gasteiger partial charge in [0.25, 0.3) is 0 Å². The van der Waals surface area contributed by atoms with Crippen LogP contribution >= 0.6 is 11.8 Å². The highest BCUT2D eigenvalue weighted by molar-refractivity contribution is 8.26. The maximum absolute atomic E-state index is 8.29. The van der Waals surface area contributed by atoms with Gasteiger partial charge in [-0.05, 0) is 92.4 Å². The van der Waals surface area contributed by atoms with E-state index in [0.29, 0.717) is 13.1 Å². The van der Waals surface area contributed by atoms with Crippen LogP contribution in [0.4, 0.5) is 0 Å². The number of nitrogens with two attached hydrogens (primary N) is 1. The van der Waals surface area contributed by atoms with E-state index in [1.54, 1.807) is 0 Å². The molecule has 188 valence electrons. The topological polar surface area (TPSA) is 109 Å². The number of benzene rings is 3. The zero-order valence-corrected chi connectivity index (χ0v) is 22.6. The van der Waals surface area contributed by atoms with Gasteiger partial charge in [-0.25, -0.2) is 0 Å². The van der Waals surface area contributed by atoms with Crippen molar-refractivity contribution < 1.29 is 0 Å². The molecule has 0 unspecified atom stereocenters. The number of hydrogen-bond donors (Lipinski definition) is 3. The SMILES string of the molecule is Cc1ccc2c(C)n(Cc3cc(C)cc4c3c(C)nn4Cc3cc(C(=N)SC(=N)N)ccc3C)nc2c1. The first-order valence-electron chi connectivity index (χ1n) is 12.2. The summed E-state index contributed by atoms with van der Waals surface area (Å²) < 4.78 is 4.16. The number of thioether (sulfide) groups is 1. The molecule has 0 bridgehead atoms. The molecule has 0 aliphatic carbocycles. The molecule has 2 aromatic heterocycles. The summed E-state index contributed by atoms with van der Waals surface area (Å²) >= 11 is 0.957. The van der Waals surface area contributed by atoms with Crippen LogP contribution in [0.25, 0.3) is 21.8 Å². The molecule has 2 heterocycles. The van der Waals surface area contributed by atoms with Crippen molar-refractivity contribution in [3.63, 3.8) is 0 Å². The standard InChI is InChI=1S/C29H31N7S/c1-16-6-9-24-20(5)35(34-25(24)11-16)15-23-10-17(2)12-26-27(23)19(4)33-36(26)14-22-13-21(8-7-18(22)3)28(30)37-29(31)32/h6-13,30H,14-15H2,1-5H3,(H3,31,32). The molecule has 5 rings (SSSR count). The molecule has 0 fully saturated rings. The van der Waals surface area contributed by atoms with Crippen molar-refractivity contribution in [2.75, 3.05) is 0 Å². The second kappa shape index (κ2) is 9.52. The Balaban J connectivity index is 1.54. The second-order valence-corrected chi connectivity index (χ2v) is 10.8. The number of aryl methyl sites for hydroxylation is 5. The van der Waals surface area contributed by atoms with Gasteiger partial charge in [0.05, 0.1) is 29.8 Å². The van der Waals surface area contributed by atoms with E-state index in [2.05, 4.69) is 74.3 Å². The number of hydrogen-bond acceptors (Lipinski definition) is 5. The molecule has 0 amide bonds. The first kappa shape index (κ1) is 24.8. The summed E-state index contributed by atoms with van der Waals surface area (Å²) in [6, 6.07) is 16.8. The van der Waals surface area contributed by atoms with Gasteiger partial charge in [-0.15, -0.1) is 0 Å². The van der Waals surface area contributed by atoms with E-state index in [-0.39, 0.29) is 10.2 Å². The highest BCUT2D eigenvalue weighted by atomic mass is 32.2. The van der Waals surface area contributed by atoms with E-state index in [4.69, 9.17) is 26.7 Å². The van der Waals surface area contributed by atoms with Gasteiger partial charge < -0.3 is 5.73 Å². The highest BCUT2D eigenvalue weighted by Gasteiger charge is 2.17. The molecule has 7 nitrogen and oxygen atoms in total. The fourth-order valence-corrected chi connectivity index (χ4v) is 5.46. The summed E-state index contributed by atoms with van der Waals surface area (Å²) in [6.07, 6.45) is 0. The summed E-state index contributed by atoms with van der Waals surface area (Å²) in [7, 11) is 0. The van der Waals surface area contributed by atoms with Gasteiger partial charge in [0, 0.05) is 22.0 Å². The van der Waals surface area contributed by atoms with Crippen molar-refractivity contribution in [3.05, 3.63) is 93.3 Å². The van der Waals surface area contributed by atoms with Crippen LogP contribution in [0.5, 0.6) is 0 Å². The molecule has 0 radical (unpaired) electrons. The summed E-state index contributed by atoms with van der Waals surface area (Å²) in [5, 5.41) is 28.2. The first-order valence-corrected chi connectivity index (χ1v) is 13.0. The Morgan fingerprint density at radius 3 is 2.35 bits per heavy atom. The average molecular weight is 510 g/mol. The van der Waals surface area contributed by atoms with Crippen molar-refractivity contribution in [1.29, 1.82) is 10.8 Å². The van der Waals surface area contributed by atoms with Gasteiger partial charge in [0.2, 0.25) is 0 Å². The monoisotopic (exact) mass is 509 g/mol. The smallest absolute Gasteiger partial charge is 0.157 e. The van der Waals surface area contributed by atoms with Crippen molar-refractivity contribution in [2.45, 2.75) is 47.7 Å². The van der Waals surface area contributed by atoms with Gasteiger partial charge >= 0.3 is 0 Å². The average Bonchev–Trinajstić information content (AvgIpc) is 3.30. The van der Waals surface area contributed by atoms with E-state index in [1.807, 2.05) is 18.2 Å². The minimum Gasteiger partial charge on any atom is -0.378 e. The summed E-state index contributed by atoms with van der Waals surface area (Å²) in [5.74, 6) is 0. The lowest BCUT2D eigenvalue weighted by atomic mass is 10.0. The lowest BCUT2D eigenvalue weighted by Crippen LogP contribution is -2.10. The van der Waals surface area contributed by atoms with E-state index in [0.717, 1.165) is 56.3 Å². The minimum atomic E-state index is -0.0840. The number of nitrogens with zero attached hydrogens (tertiary/aromatic N) is 4. The Morgan fingerprint density at radius 2 is 1.59 bits per heavy atom. The summed E-state index contributed by atoms with van der Waals surface area (Å²) in [6.45, 7) is 11.8. The Bertz CT molecular complexity index is 1710. The lowest BCUT2D eigenvalue weighted by molar-refractivity contribution is 0.676. The predicted octanol–water partition coefficient (Wildman–Crippen LogP) is 5.98. The van der Waals surface area contributed by atoms with Gasteiger partial charge in [-0.3, -0.25) is 20.2 Å². The van der Waals surface area contributed by atoms with Crippen LogP contribution in [-0.4, -0.2) is 29.8 Å². The molecule has 5 aromatic rings. The predicted molar refractivity (Wildman–Crippen MR) is 154 cm³/mol. The Labute approximate surface area is 220 Å². The molecule has 8 heteroatoms. The van der Waals surface area contributed by atoms with Crippen LogP contribution in [0, 0.1) is 45.4 Å². The fraction of sp³-hybridized carbons (Fsp3) is 0.241. The minimum absolute atomic E-state index is 0.0840. The van der Waals surface area contributed by atoms with Crippen molar-refractivity contribution in [3.8, 4) is 0 Å². The van der Waals surface area contributed by atoms with Crippen LogP contribution in [0.3, 0.4) is 0 Å². The van der Waals surface area contributed by atoms with Gasteiger partial charge in [-0.2, -0.15) is 10.2 Å². The number of aromatic nitrogens is 4. The largest absolute Gasteiger partial charge is 0.378 e. The summed E-state index contributed by atoms with van der Waals surface area (Å²) in [4.78, 5) is 0. The lowest BCUT2D eigenvalue weighted by Gasteiger charge is -2.12. The van der Waals surface area contributed by atoms with E-state index in [1.165, 1.54) is 22.1 Å². The van der Waals surface area contributed by atoms with Crippen LogP contribution in [0.2, 0.25) is 0 Å². The molecule has 0 saturated carbocycles. The molecule has 3 aromatic carbocycles. The number of amidine groups is 1. The molecule has 0 spiro atoms. The maximum atomic E-state index is 8.29. The van der Waals surface area contributed by atoms with Crippen molar-refractivity contribution in [2.24, 2.45) is 5.73 Å². The van der Waals surface area contributed by atoms with E-state index < -0.39 is 0 Å². The van der Waals surface area contributed by atoms with E-state index >= 15 is 0 Å². The molecule has 0 saturated heterocycles. The van der Waals surface area contributed by atoms with Gasteiger partial charge in [0.15, 0.2) is 5.17 Å². The molecule has 0 aliphatic rings. The van der Waals surface area contributed by atoms with Gasteiger partial charge in [0.1, 0.15) is 5.04 Å². The number of fused-ring (bicyclic) bond motifs is 2. The normalized spacial score (nSPS) is 11.5. The summed E-state index contributed by atoms with van der Waals surface area (Å²) in [5.41, 5.74) is 16.3. The zero-order valence-electron chi connectivity index (χ0n) is 21.8. The maximum Gasteiger partial charge on any atom is 0.157 e. The third kappa shape index (κ3) is 4.76. The fourth-order valence-electron chi connectivity index (χ4n) is 5.00. The number of rotatable bonds is 5. The molecular formula is C29H31N7S. The Hall–Kier alpha value is -3.91. The Morgan fingerprint density at radius 1 is 0.838 bits per heavy atom. The van der Waals surface area contributed by atoms with Crippen molar-refractivity contribution >= 4 is 43.8 Å². The van der Waals surface area contributed by atoms with Crippen LogP contribution in [0.15, 0.2) is 48.5 Å². The molecule has 0 aliphatic heterocycles. The van der Waals surface area contributed by atoms with E-state index in [9.17, 15) is 0 Å². The Kier molecular flexibility index (Phi) is 6.37. The van der Waals surface area contributed by atoms with Gasteiger partial charge in [-0.1, -0.05) is 30.3 Å². The van der Waals surface area contributed by atoms with Crippen LogP contribution in [-0.2, 0) is 13.1 Å². The quantitative estimate of drug-likeness (QED) is 0.200. The molecule has 37 heavy (non-hydrogen) atoms. The molecule has 4 N–H and O–H groups in total. The third-order valence-electron chi connectivity index (χ3n) is 6.88. The number of nitrogens with one attached hydrogen (secondary N) is 2. The second-order valence-electron chi connectivity index (χ2n) is 9.76. The first-order chi connectivity index (χ1) is 17.6.